The van der Waals surface area contributed by atoms with Gasteiger partial charge in [-0.1, -0.05) is 0 Å². The predicted molar refractivity (Wildman–Crippen MR) is 57.5 cm³/mol. The van der Waals surface area contributed by atoms with Crippen LogP contribution in [0.1, 0.15) is 19.8 Å². The van der Waals surface area contributed by atoms with Crippen molar-refractivity contribution in [2.75, 3.05) is 24.5 Å². The monoisotopic (exact) mass is 240 g/mol. The third-order valence-electron chi connectivity index (χ3n) is 3.07. The number of alkyl halides is 1. The molecule has 1 fully saturated rings. The largest absolute Gasteiger partial charge is 0.378 e. The zero-order chi connectivity index (χ0) is 10.8. The van der Waals surface area contributed by atoms with Gasteiger partial charge in [-0.2, -0.15) is 0 Å². The van der Waals surface area contributed by atoms with E-state index >= 15 is 0 Å². The van der Waals surface area contributed by atoms with E-state index in [1.54, 1.807) is 0 Å². The van der Waals surface area contributed by atoms with Crippen molar-refractivity contribution in [3.05, 3.63) is 0 Å². The summed E-state index contributed by atoms with van der Waals surface area (Å²) < 4.78 is 27.6. The lowest BCUT2D eigenvalue weighted by atomic mass is 9.81. The molecule has 0 amide bonds. The molecule has 1 rings (SSSR count). The van der Waals surface area contributed by atoms with Crippen molar-refractivity contribution < 1.29 is 13.2 Å². The van der Waals surface area contributed by atoms with Crippen LogP contribution in [0.25, 0.3) is 0 Å². The molecule has 14 heavy (non-hydrogen) atoms. The summed E-state index contributed by atoms with van der Waals surface area (Å²) in [6.45, 7) is 2.66. The minimum absolute atomic E-state index is 0.0711. The zero-order valence-corrected chi connectivity index (χ0v) is 10.2. The molecule has 84 valence electrons. The SMILES string of the molecule is CC1OCCC1(CCl)CCS(C)(=O)=O. The van der Waals surface area contributed by atoms with E-state index in [-0.39, 0.29) is 17.3 Å². The first-order chi connectivity index (χ1) is 6.40. The van der Waals surface area contributed by atoms with Gasteiger partial charge in [0.1, 0.15) is 9.84 Å². The minimum Gasteiger partial charge on any atom is -0.378 e. The molecule has 5 heteroatoms. The first-order valence-corrected chi connectivity index (χ1v) is 7.34. The molecule has 0 radical (unpaired) electrons. The molecule has 2 atom stereocenters. The van der Waals surface area contributed by atoms with Crippen LogP contribution >= 0.6 is 11.6 Å². The standard InChI is InChI=1S/C9H17ClO3S/c1-8-9(7-10,3-5-13-8)4-6-14(2,11)12/h8H,3-7H2,1-2H3. The first-order valence-electron chi connectivity index (χ1n) is 4.75. The van der Waals surface area contributed by atoms with E-state index in [4.69, 9.17) is 16.3 Å². The summed E-state index contributed by atoms with van der Waals surface area (Å²) in [7, 11) is -2.90. The smallest absolute Gasteiger partial charge is 0.147 e. The summed E-state index contributed by atoms with van der Waals surface area (Å²) in [5.41, 5.74) is -0.134. The lowest BCUT2D eigenvalue weighted by molar-refractivity contribution is 0.0721. The molecule has 0 aliphatic carbocycles. The Labute approximate surface area is 90.7 Å². The van der Waals surface area contributed by atoms with Crippen LogP contribution < -0.4 is 0 Å². The first kappa shape index (κ1) is 12.3. The maximum atomic E-state index is 11.1. The van der Waals surface area contributed by atoms with Crippen molar-refractivity contribution in [1.29, 1.82) is 0 Å². The van der Waals surface area contributed by atoms with Crippen molar-refractivity contribution in [3.8, 4) is 0 Å². The fraction of sp³-hybridized carbons (Fsp3) is 1.00. The van der Waals surface area contributed by atoms with Crippen molar-refractivity contribution in [2.24, 2.45) is 5.41 Å². The van der Waals surface area contributed by atoms with E-state index in [0.717, 1.165) is 6.42 Å². The van der Waals surface area contributed by atoms with Crippen LogP contribution in [0.15, 0.2) is 0 Å². The van der Waals surface area contributed by atoms with Gasteiger partial charge in [0.2, 0.25) is 0 Å². The molecule has 2 unspecified atom stereocenters. The highest BCUT2D eigenvalue weighted by Crippen LogP contribution is 2.39. The number of sulfone groups is 1. The molecule has 1 aliphatic rings. The number of hydrogen-bond acceptors (Lipinski definition) is 3. The highest BCUT2D eigenvalue weighted by atomic mass is 35.5. The highest BCUT2D eigenvalue weighted by Gasteiger charge is 2.40. The van der Waals surface area contributed by atoms with Crippen LogP contribution in [-0.2, 0) is 14.6 Å². The quantitative estimate of drug-likeness (QED) is 0.699. The molecule has 1 heterocycles. The molecule has 0 N–H and O–H groups in total. The molecule has 0 aromatic rings. The van der Waals surface area contributed by atoms with Crippen molar-refractivity contribution >= 4 is 21.4 Å². The van der Waals surface area contributed by atoms with Crippen LogP contribution in [0.3, 0.4) is 0 Å². The summed E-state index contributed by atoms with van der Waals surface area (Å²) in [5.74, 6) is 0.678. The highest BCUT2D eigenvalue weighted by molar-refractivity contribution is 7.90. The zero-order valence-electron chi connectivity index (χ0n) is 8.62. The Hall–Kier alpha value is 0.200. The molecule has 1 saturated heterocycles. The van der Waals surface area contributed by atoms with Crippen molar-refractivity contribution in [3.63, 3.8) is 0 Å². The van der Waals surface area contributed by atoms with Gasteiger partial charge in [-0.05, 0) is 19.8 Å². The van der Waals surface area contributed by atoms with Gasteiger partial charge in [-0.3, -0.25) is 0 Å². The number of rotatable bonds is 4. The Morgan fingerprint density at radius 3 is 2.57 bits per heavy atom. The van der Waals surface area contributed by atoms with Gasteiger partial charge in [0.15, 0.2) is 0 Å². The summed E-state index contributed by atoms with van der Waals surface area (Å²) in [4.78, 5) is 0. The molecule has 0 saturated carbocycles. The Balaban J connectivity index is 2.63. The molecule has 3 nitrogen and oxygen atoms in total. The number of ether oxygens (including phenoxy) is 1. The van der Waals surface area contributed by atoms with Gasteiger partial charge < -0.3 is 4.74 Å². The van der Waals surface area contributed by atoms with Crippen molar-refractivity contribution in [1.82, 2.24) is 0 Å². The Kier molecular flexibility index (Phi) is 3.83. The van der Waals surface area contributed by atoms with Crippen molar-refractivity contribution in [2.45, 2.75) is 25.9 Å². The molecule has 0 aromatic heterocycles. The Morgan fingerprint density at radius 2 is 2.21 bits per heavy atom. The molecular weight excluding hydrogens is 224 g/mol. The summed E-state index contributed by atoms with van der Waals surface area (Å²) in [5, 5.41) is 0. The van der Waals surface area contributed by atoms with Crippen LogP contribution in [-0.4, -0.2) is 39.0 Å². The van der Waals surface area contributed by atoms with Gasteiger partial charge in [0, 0.05) is 24.2 Å². The second-order valence-electron chi connectivity index (χ2n) is 4.14. The topological polar surface area (TPSA) is 43.4 Å². The second-order valence-corrected chi connectivity index (χ2v) is 6.67. The molecule has 0 aromatic carbocycles. The van der Waals surface area contributed by atoms with E-state index in [0.29, 0.717) is 18.9 Å². The average Bonchev–Trinajstić information content (AvgIpc) is 2.43. The minimum atomic E-state index is -2.90. The summed E-state index contributed by atoms with van der Waals surface area (Å²) >= 11 is 5.91. The summed E-state index contributed by atoms with van der Waals surface area (Å²) in [6.07, 6.45) is 2.81. The number of halogens is 1. The van der Waals surface area contributed by atoms with Gasteiger partial charge in [0.05, 0.1) is 11.9 Å². The predicted octanol–water partition coefficient (Wildman–Crippen LogP) is 1.46. The third-order valence-corrected chi connectivity index (χ3v) is 4.55. The van der Waals surface area contributed by atoms with Crippen LogP contribution in [0, 0.1) is 5.41 Å². The van der Waals surface area contributed by atoms with Crippen LogP contribution in [0.4, 0.5) is 0 Å². The van der Waals surface area contributed by atoms with Gasteiger partial charge >= 0.3 is 0 Å². The number of hydrogen-bond donors (Lipinski definition) is 0. The maximum absolute atomic E-state index is 11.1. The Bertz CT molecular complexity index is 288. The van der Waals surface area contributed by atoms with Crippen LogP contribution in [0.2, 0.25) is 0 Å². The van der Waals surface area contributed by atoms with E-state index < -0.39 is 9.84 Å². The Morgan fingerprint density at radius 1 is 1.57 bits per heavy atom. The normalized spacial score (nSPS) is 33.5. The second kappa shape index (κ2) is 4.37. The maximum Gasteiger partial charge on any atom is 0.147 e. The molecule has 1 aliphatic heterocycles. The van der Waals surface area contributed by atoms with Gasteiger partial charge in [-0.25, -0.2) is 8.42 Å². The molecular formula is C9H17ClO3S. The van der Waals surface area contributed by atoms with E-state index in [1.807, 2.05) is 6.92 Å². The van der Waals surface area contributed by atoms with Gasteiger partial charge in [-0.15, -0.1) is 11.6 Å². The van der Waals surface area contributed by atoms with Gasteiger partial charge in [0.25, 0.3) is 0 Å². The van der Waals surface area contributed by atoms with E-state index in [9.17, 15) is 8.42 Å². The lowest BCUT2D eigenvalue weighted by Crippen LogP contribution is -2.32. The average molecular weight is 241 g/mol. The molecule has 0 spiro atoms. The summed E-state index contributed by atoms with van der Waals surface area (Å²) in [6, 6.07) is 0. The van der Waals surface area contributed by atoms with E-state index in [2.05, 4.69) is 0 Å². The fourth-order valence-corrected chi connectivity index (χ4v) is 3.04. The molecule has 0 bridgehead atoms. The van der Waals surface area contributed by atoms with Crippen LogP contribution in [0.5, 0.6) is 0 Å². The third kappa shape index (κ3) is 2.84. The fourth-order valence-electron chi connectivity index (χ4n) is 1.78. The van der Waals surface area contributed by atoms with E-state index in [1.165, 1.54) is 6.26 Å². The lowest BCUT2D eigenvalue weighted by Gasteiger charge is -2.29.